The van der Waals surface area contributed by atoms with Gasteiger partial charge >= 0.3 is 5.97 Å². The molecule has 1 atom stereocenters. The van der Waals surface area contributed by atoms with Crippen LogP contribution >= 0.6 is 0 Å². The van der Waals surface area contributed by atoms with E-state index in [0.717, 1.165) is 31.5 Å². The quantitative estimate of drug-likeness (QED) is 0.796. The summed E-state index contributed by atoms with van der Waals surface area (Å²) in [6.45, 7) is 5.46. The van der Waals surface area contributed by atoms with Gasteiger partial charge in [0.1, 0.15) is 0 Å². The Kier molecular flexibility index (Phi) is 4.77. The van der Waals surface area contributed by atoms with E-state index in [-0.39, 0.29) is 12.5 Å². The predicted octanol–water partition coefficient (Wildman–Crippen LogP) is 2.41. The number of ether oxygens (including phenoxy) is 1. The van der Waals surface area contributed by atoms with E-state index in [0.29, 0.717) is 11.5 Å². The third kappa shape index (κ3) is 3.83. The molecule has 0 spiro atoms. The molecule has 0 bridgehead atoms. The van der Waals surface area contributed by atoms with Crippen molar-refractivity contribution in [3.05, 3.63) is 35.4 Å². The van der Waals surface area contributed by atoms with Crippen molar-refractivity contribution in [1.82, 2.24) is 4.90 Å². The summed E-state index contributed by atoms with van der Waals surface area (Å²) in [5.41, 5.74) is 1.57. The fourth-order valence-electron chi connectivity index (χ4n) is 2.41. The summed E-state index contributed by atoms with van der Waals surface area (Å²) >= 11 is 0. The highest BCUT2D eigenvalue weighted by Crippen LogP contribution is 2.15. The van der Waals surface area contributed by atoms with Crippen LogP contribution in [0.25, 0.3) is 0 Å². The van der Waals surface area contributed by atoms with Gasteiger partial charge in [-0.1, -0.05) is 24.6 Å². The first-order valence-electron chi connectivity index (χ1n) is 7.08. The molecule has 0 aromatic heterocycles. The molecule has 1 aliphatic rings. The zero-order valence-electron chi connectivity index (χ0n) is 12.1. The molecule has 108 valence electrons. The normalized spacial score (nSPS) is 18.7. The summed E-state index contributed by atoms with van der Waals surface area (Å²) in [5.74, 6) is -0.0130. The van der Waals surface area contributed by atoms with Crippen LogP contribution in [0.4, 0.5) is 0 Å². The summed E-state index contributed by atoms with van der Waals surface area (Å²) in [6, 6.07) is 7.13. The SMILES string of the molecule is Cc1ccc(C(=O)OCC(=O)N2CCCC(C)C2)cc1. The van der Waals surface area contributed by atoms with Crippen molar-refractivity contribution in [2.75, 3.05) is 19.7 Å². The lowest BCUT2D eigenvalue weighted by Gasteiger charge is -2.30. The van der Waals surface area contributed by atoms with Crippen molar-refractivity contribution < 1.29 is 14.3 Å². The Bertz CT molecular complexity index is 481. The fraction of sp³-hybridized carbons (Fsp3) is 0.500. The van der Waals surface area contributed by atoms with Crippen molar-refractivity contribution in [2.45, 2.75) is 26.7 Å². The zero-order valence-corrected chi connectivity index (χ0v) is 12.1. The van der Waals surface area contributed by atoms with Crippen molar-refractivity contribution in [2.24, 2.45) is 5.92 Å². The third-order valence-corrected chi connectivity index (χ3v) is 3.62. The Labute approximate surface area is 119 Å². The highest BCUT2D eigenvalue weighted by atomic mass is 16.5. The molecule has 0 radical (unpaired) electrons. The van der Waals surface area contributed by atoms with Crippen LogP contribution in [-0.4, -0.2) is 36.5 Å². The second-order valence-electron chi connectivity index (χ2n) is 5.53. The number of rotatable bonds is 3. The summed E-state index contributed by atoms with van der Waals surface area (Å²) in [6.07, 6.45) is 2.19. The van der Waals surface area contributed by atoms with E-state index >= 15 is 0 Å². The lowest BCUT2D eigenvalue weighted by Crippen LogP contribution is -2.41. The zero-order chi connectivity index (χ0) is 14.5. The lowest BCUT2D eigenvalue weighted by molar-refractivity contribution is -0.136. The van der Waals surface area contributed by atoms with Gasteiger partial charge in [-0.05, 0) is 37.8 Å². The van der Waals surface area contributed by atoms with Crippen LogP contribution in [0.3, 0.4) is 0 Å². The number of likely N-dealkylation sites (tertiary alicyclic amines) is 1. The van der Waals surface area contributed by atoms with Gasteiger partial charge < -0.3 is 9.64 Å². The third-order valence-electron chi connectivity index (χ3n) is 3.62. The minimum Gasteiger partial charge on any atom is -0.452 e. The Hall–Kier alpha value is -1.84. The molecule has 1 heterocycles. The number of nitrogens with zero attached hydrogens (tertiary/aromatic N) is 1. The van der Waals surface area contributed by atoms with E-state index in [1.165, 1.54) is 0 Å². The van der Waals surface area contributed by atoms with Gasteiger partial charge in [0.05, 0.1) is 5.56 Å². The molecule has 1 aromatic carbocycles. The van der Waals surface area contributed by atoms with Crippen LogP contribution in [0.1, 0.15) is 35.7 Å². The lowest BCUT2D eigenvalue weighted by atomic mass is 10.0. The molecule has 0 N–H and O–H groups in total. The molecule has 0 saturated carbocycles. The summed E-state index contributed by atoms with van der Waals surface area (Å²) < 4.78 is 5.09. The number of benzene rings is 1. The van der Waals surface area contributed by atoms with Crippen LogP contribution in [0.15, 0.2) is 24.3 Å². The Balaban J connectivity index is 1.83. The van der Waals surface area contributed by atoms with Gasteiger partial charge in [0, 0.05) is 13.1 Å². The molecule has 1 amide bonds. The van der Waals surface area contributed by atoms with E-state index in [2.05, 4.69) is 6.92 Å². The monoisotopic (exact) mass is 275 g/mol. The topological polar surface area (TPSA) is 46.6 Å². The number of hydrogen-bond acceptors (Lipinski definition) is 3. The molecule has 1 aromatic rings. The molecule has 4 nitrogen and oxygen atoms in total. The molecule has 0 aliphatic carbocycles. The molecule has 1 unspecified atom stereocenters. The van der Waals surface area contributed by atoms with Crippen molar-refractivity contribution >= 4 is 11.9 Å². The molecular weight excluding hydrogens is 254 g/mol. The van der Waals surface area contributed by atoms with Gasteiger partial charge in [0.2, 0.25) is 0 Å². The number of aryl methyl sites for hydroxylation is 1. The van der Waals surface area contributed by atoms with Crippen LogP contribution in [0, 0.1) is 12.8 Å². The van der Waals surface area contributed by atoms with E-state index < -0.39 is 5.97 Å². The maximum Gasteiger partial charge on any atom is 0.338 e. The maximum atomic E-state index is 12.0. The first kappa shape index (κ1) is 14.6. The van der Waals surface area contributed by atoms with Crippen LogP contribution < -0.4 is 0 Å². The van der Waals surface area contributed by atoms with Crippen LogP contribution in [0.2, 0.25) is 0 Å². The molecule has 2 rings (SSSR count). The predicted molar refractivity (Wildman–Crippen MR) is 76.4 cm³/mol. The van der Waals surface area contributed by atoms with Crippen LogP contribution in [0.5, 0.6) is 0 Å². The second kappa shape index (κ2) is 6.55. The smallest absolute Gasteiger partial charge is 0.338 e. The van der Waals surface area contributed by atoms with Gasteiger partial charge in [0.15, 0.2) is 6.61 Å². The first-order valence-corrected chi connectivity index (χ1v) is 7.08. The number of piperidine rings is 1. The van der Waals surface area contributed by atoms with E-state index in [4.69, 9.17) is 4.74 Å². The molecule has 20 heavy (non-hydrogen) atoms. The fourth-order valence-corrected chi connectivity index (χ4v) is 2.41. The minimum absolute atomic E-state index is 0.1000. The highest BCUT2D eigenvalue weighted by Gasteiger charge is 2.21. The summed E-state index contributed by atoms with van der Waals surface area (Å²) in [5, 5.41) is 0. The standard InChI is InChI=1S/C16H21NO3/c1-12-5-7-14(8-6-12)16(19)20-11-15(18)17-9-3-4-13(2)10-17/h5-8,13H,3-4,9-11H2,1-2H3. The maximum absolute atomic E-state index is 12.0. The number of amides is 1. The average molecular weight is 275 g/mol. The number of hydrogen-bond donors (Lipinski definition) is 0. The first-order chi connectivity index (χ1) is 9.56. The Morgan fingerprint density at radius 1 is 1.30 bits per heavy atom. The number of esters is 1. The van der Waals surface area contributed by atoms with Gasteiger partial charge in [-0.2, -0.15) is 0 Å². The summed E-state index contributed by atoms with van der Waals surface area (Å²) in [4.78, 5) is 25.6. The molecule has 4 heteroatoms. The van der Waals surface area contributed by atoms with Gasteiger partial charge in [0.25, 0.3) is 5.91 Å². The van der Waals surface area contributed by atoms with Gasteiger partial charge in [-0.3, -0.25) is 4.79 Å². The van der Waals surface area contributed by atoms with Gasteiger partial charge in [-0.15, -0.1) is 0 Å². The molecule has 1 aliphatic heterocycles. The Morgan fingerprint density at radius 2 is 2.00 bits per heavy atom. The van der Waals surface area contributed by atoms with Crippen LogP contribution in [-0.2, 0) is 9.53 Å². The Morgan fingerprint density at radius 3 is 2.65 bits per heavy atom. The number of carbonyl (C=O) groups is 2. The molecule has 1 fully saturated rings. The minimum atomic E-state index is -0.441. The second-order valence-corrected chi connectivity index (χ2v) is 5.53. The largest absolute Gasteiger partial charge is 0.452 e. The van der Waals surface area contributed by atoms with Crippen molar-refractivity contribution in [1.29, 1.82) is 0 Å². The van der Waals surface area contributed by atoms with Crippen molar-refractivity contribution in [3.8, 4) is 0 Å². The average Bonchev–Trinajstić information content (AvgIpc) is 2.45. The van der Waals surface area contributed by atoms with Gasteiger partial charge in [-0.25, -0.2) is 4.79 Å². The number of carbonyl (C=O) groups excluding carboxylic acids is 2. The van der Waals surface area contributed by atoms with E-state index in [9.17, 15) is 9.59 Å². The van der Waals surface area contributed by atoms with E-state index in [1.54, 1.807) is 17.0 Å². The highest BCUT2D eigenvalue weighted by molar-refractivity contribution is 5.91. The van der Waals surface area contributed by atoms with E-state index in [1.807, 2.05) is 19.1 Å². The molecular formula is C16H21NO3. The molecule has 1 saturated heterocycles. The van der Waals surface area contributed by atoms with Crippen molar-refractivity contribution in [3.63, 3.8) is 0 Å². The summed E-state index contributed by atoms with van der Waals surface area (Å²) in [7, 11) is 0.